The van der Waals surface area contributed by atoms with Crippen molar-refractivity contribution in [1.82, 2.24) is 0 Å². The molecule has 2 saturated carbocycles. The number of carbonyl (C=O) groups is 1. The quantitative estimate of drug-likeness (QED) is 0.599. The van der Waals surface area contributed by atoms with Gasteiger partial charge in [0.15, 0.2) is 0 Å². The lowest BCUT2D eigenvalue weighted by Gasteiger charge is -2.42. The van der Waals surface area contributed by atoms with Crippen molar-refractivity contribution in [1.29, 1.82) is 0 Å². The summed E-state index contributed by atoms with van der Waals surface area (Å²) in [4.78, 5) is 11.7. The molecule has 1 heteroatoms. The Balaban J connectivity index is 1.95. The van der Waals surface area contributed by atoms with Gasteiger partial charge in [-0.1, -0.05) is 19.1 Å². The molecule has 0 spiro atoms. The number of hydrogen-bond donors (Lipinski definition) is 0. The van der Waals surface area contributed by atoms with Crippen molar-refractivity contribution in [3.8, 4) is 0 Å². The lowest BCUT2D eigenvalue weighted by Crippen LogP contribution is -2.39. The Kier molecular flexibility index (Phi) is 1.90. The molecule has 0 saturated heterocycles. The monoisotopic (exact) mass is 204 g/mol. The third-order valence-corrected chi connectivity index (χ3v) is 5.46. The van der Waals surface area contributed by atoms with Crippen LogP contribution in [0.3, 0.4) is 0 Å². The van der Waals surface area contributed by atoms with Gasteiger partial charge >= 0.3 is 0 Å². The zero-order valence-corrected chi connectivity index (χ0v) is 9.70. The molecule has 0 heterocycles. The second-order valence-electron chi connectivity index (χ2n) is 6.08. The van der Waals surface area contributed by atoms with E-state index in [1.54, 1.807) is 6.92 Å². The number of fused-ring (bicyclic) bond motifs is 5. The molecular formula is C14H20O. The van der Waals surface area contributed by atoms with E-state index >= 15 is 0 Å². The lowest BCUT2D eigenvalue weighted by atomic mass is 9.61. The van der Waals surface area contributed by atoms with E-state index in [0.717, 1.165) is 17.8 Å². The fourth-order valence-electron chi connectivity index (χ4n) is 4.84. The maximum atomic E-state index is 11.7. The smallest absolute Gasteiger partial charge is 0.133 e. The second-order valence-corrected chi connectivity index (χ2v) is 6.08. The van der Waals surface area contributed by atoms with Gasteiger partial charge in [-0.2, -0.15) is 0 Å². The summed E-state index contributed by atoms with van der Waals surface area (Å²) in [7, 11) is 0. The highest BCUT2D eigenvalue weighted by Gasteiger charge is 2.60. The number of ketones is 1. The summed E-state index contributed by atoms with van der Waals surface area (Å²) in [6.45, 7) is 4.17. The first-order valence-electron chi connectivity index (χ1n) is 6.28. The Bertz CT molecular complexity index is 330. The number of allylic oxidation sites excluding steroid dienone is 2. The van der Waals surface area contributed by atoms with Gasteiger partial charge in [0, 0.05) is 5.92 Å². The molecule has 3 aliphatic carbocycles. The van der Waals surface area contributed by atoms with Crippen LogP contribution in [0.5, 0.6) is 0 Å². The topological polar surface area (TPSA) is 17.1 Å². The normalized spacial score (nSPS) is 51.9. The average molecular weight is 204 g/mol. The summed E-state index contributed by atoms with van der Waals surface area (Å²) in [6.07, 6.45) is 9.68. The van der Waals surface area contributed by atoms with Crippen molar-refractivity contribution >= 4 is 5.78 Å². The molecule has 15 heavy (non-hydrogen) atoms. The van der Waals surface area contributed by atoms with Gasteiger partial charge < -0.3 is 0 Å². The molecule has 2 bridgehead atoms. The highest BCUT2D eigenvalue weighted by Crippen LogP contribution is 2.66. The first kappa shape index (κ1) is 9.62. The maximum absolute atomic E-state index is 11.7. The highest BCUT2D eigenvalue weighted by atomic mass is 16.1. The standard InChI is InChI=1S/C14H20O/c1-9(15)13-7-10-8-14(13,2)12-6-4-3-5-11(10)12/h3-4,10-13H,5-8H2,1-2H3. The Hall–Kier alpha value is -0.590. The summed E-state index contributed by atoms with van der Waals surface area (Å²) in [5, 5.41) is 0. The minimum atomic E-state index is 0.339. The van der Waals surface area contributed by atoms with Gasteiger partial charge in [-0.05, 0) is 55.8 Å². The van der Waals surface area contributed by atoms with Crippen LogP contribution >= 0.6 is 0 Å². The van der Waals surface area contributed by atoms with Gasteiger partial charge in [0.1, 0.15) is 5.78 Å². The van der Waals surface area contributed by atoms with Crippen molar-refractivity contribution in [2.24, 2.45) is 29.1 Å². The molecule has 0 N–H and O–H groups in total. The Morgan fingerprint density at radius 2 is 2.07 bits per heavy atom. The van der Waals surface area contributed by atoms with E-state index in [2.05, 4.69) is 19.1 Å². The van der Waals surface area contributed by atoms with E-state index < -0.39 is 0 Å². The lowest BCUT2D eigenvalue weighted by molar-refractivity contribution is -0.126. The van der Waals surface area contributed by atoms with Crippen molar-refractivity contribution in [3.63, 3.8) is 0 Å². The predicted molar refractivity (Wildman–Crippen MR) is 60.4 cm³/mol. The number of Topliss-reactive ketones (excluding diaryl/α,β-unsaturated/α-hetero) is 1. The van der Waals surface area contributed by atoms with E-state index in [9.17, 15) is 4.79 Å². The molecule has 0 aliphatic heterocycles. The molecule has 0 amide bonds. The predicted octanol–water partition coefficient (Wildman–Crippen LogP) is 3.20. The second kappa shape index (κ2) is 2.96. The van der Waals surface area contributed by atoms with E-state index in [4.69, 9.17) is 0 Å². The SMILES string of the molecule is CC(=O)C1CC2CC1(C)C1CC=CCC21. The van der Waals surface area contributed by atoms with Gasteiger partial charge in [0.2, 0.25) is 0 Å². The van der Waals surface area contributed by atoms with Crippen molar-refractivity contribution in [3.05, 3.63) is 12.2 Å². The Labute approximate surface area is 91.9 Å². The first-order chi connectivity index (χ1) is 7.13. The van der Waals surface area contributed by atoms with Crippen LogP contribution < -0.4 is 0 Å². The molecule has 3 rings (SSSR count). The summed E-state index contributed by atoms with van der Waals surface area (Å²) >= 11 is 0. The molecule has 0 aromatic rings. The largest absolute Gasteiger partial charge is 0.300 e. The number of hydrogen-bond acceptors (Lipinski definition) is 1. The Morgan fingerprint density at radius 3 is 2.80 bits per heavy atom. The average Bonchev–Trinajstić information content (AvgIpc) is 2.70. The summed E-state index contributed by atoms with van der Waals surface area (Å²) < 4.78 is 0. The third-order valence-electron chi connectivity index (χ3n) is 5.46. The van der Waals surface area contributed by atoms with Gasteiger partial charge in [0.05, 0.1) is 0 Å². The summed E-state index contributed by atoms with van der Waals surface area (Å²) in [5.74, 6) is 3.35. The summed E-state index contributed by atoms with van der Waals surface area (Å²) in [5.41, 5.74) is 0.339. The molecular weight excluding hydrogens is 184 g/mol. The van der Waals surface area contributed by atoms with Crippen molar-refractivity contribution in [2.45, 2.75) is 39.5 Å². The highest BCUT2D eigenvalue weighted by molar-refractivity contribution is 5.79. The molecule has 5 unspecified atom stereocenters. The van der Waals surface area contributed by atoms with Crippen molar-refractivity contribution in [2.75, 3.05) is 0 Å². The first-order valence-corrected chi connectivity index (χ1v) is 6.28. The van der Waals surface area contributed by atoms with E-state index in [-0.39, 0.29) is 0 Å². The molecule has 5 atom stereocenters. The minimum Gasteiger partial charge on any atom is -0.300 e. The van der Waals surface area contributed by atoms with Gasteiger partial charge in [-0.3, -0.25) is 4.79 Å². The fourth-order valence-corrected chi connectivity index (χ4v) is 4.84. The van der Waals surface area contributed by atoms with Crippen LogP contribution in [0, 0.1) is 29.1 Å². The van der Waals surface area contributed by atoms with Gasteiger partial charge in [-0.25, -0.2) is 0 Å². The van der Waals surface area contributed by atoms with Crippen LogP contribution in [0.2, 0.25) is 0 Å². The Morgan fingerprint density at radius 1 is 1.33 bits per heavy atom. The molecule has 3 aliphatic rings. The fraction of sp³-hybridized carbons (Fsp3) is 0.786. The van der Waals surface area contributed by atoms with Crippen LogP contribution in [0.4, 0.5) is 0 Å². The van der Waals surface area contributed by atoms with Crippen LogP contribution in [0.15, 0.2) is 12.2 Å². The molecule has 2 fully saturated rings. The van der Waals surface area contributed by atoms with E-state index in [1.165, 1.54) is 25.7 Å². The van der Waals surface area contributed by atoms with Crippen molar-refractivity contribution < 1.29 is 4.79 Å². The molecule has 0 aromatic carbocycles. The van der Waals surface area contributed by atoms with Crippen LogP contribution in [0.1, 0.15) is 39.5 Å². The van der Waals surface area contributed by atoms with Gasteiger partial charge in [0.25, 0.3) is 0 Å². The van der Waals surface area contributed by atoms with Gasteiger partial charge in [-0.15, -0.1) is 0 Å². The maximum Gasteiger partial charge on any atom is 0.133 e. The third kappa shape index (κ3) is 1.12. The number of carbonyl (C=O) groups excluding carboxylic acids is 1. The van der Waals surface area contributed by atoms with E-state index in [0.29, 0.717) is 17.1 Å². The minimum absolute atomic E-state index is 0.339. The van der Waals surface area contributed by atoms with Crippen LogP contribution in [-0.2, 0) is 4.79 Å². The van der Waals surface area contributed by atoms with Crippen LogP contribution in [-0.4, -0.2) is 5.78 Å². The zero-order chi connectivity index (χ0) is 10.6. The number of rotatable bonds is 1. The summed E-state index contributed by atoms with van der Waals surface area (Å²) in [6, 6.07) is 0. The van der Waals surface area contributed by atoms with E-state index in [1.807, 2.05) is 0 Å². The molecule has 82 valence electrons. The van der Waals surface area contributed by atoms with Crippen LogP contribution in [0.25, 0.3) is 0 Å². The molecule has 1 nitrogen and oxygen atoms in total. The zero-order valence-electron chi connectivity index (χ0n) is 9.70. The molecule has 0 radical (unpaired) electrons. The molecule has 0 aromatic heterocycles.